The van der Waals surface area contributed by atoms with Gasteiger partial charge in [0.15, 0.2) is 0 Å². The van der Waals surface area contributed by atoms with Gasteiger partial charge in [-0.1, -0.05) is 30.3 Å². The Hall–Kier alpha value is -4.65. The molecular formula is C29H27N5O2. The molecule has 0 spiro atoms. The topological polar surface area (TPSA) is 109 Å². The lowest BCUT2D eigenvalue weighted by Crippen LogP contribution is -2.29. The van der Waals surface area contributed by atoms with Gasteiger partial charge >= 0.3 is 0 Å². The van der Waals surface area contributed by atoms with Gasteiger partial charge in [-0.3, -0.25) is 14.6 Å². The summed E-state index contributed by atoms with van der Waals surface area (Å²) in [5.74, 6) is -0.676. The van der Waals surface area contributed by atoms with Gasteiger partial charge in [0, 0.05) is 51.8 Å². The summed E-state index contributed by atoms with van der Waals surface area (Å²) in [5, 5.41) is 9.71. The molecular weight excluding hydrogens is 450 g/mol. The van der Waals surface area contributed by atoms with Crippen molar-refractivity contribution >= 4 is 40.3 Å². The number of benzene rings is 3. The van der Waals surface area contributed by atoms with E-state index < -0.39 is 0 Å². The summed E-state index contributed by atoms with van der Waals surface area (Å²) in [7, 11) is 0. The number of nitrogens with zero attached hydrogens (tertiary/aromatic N) is 1. The first-order valence-corrected chi connectivity index (χ1v) is 11.9. The van der Waals surface area contributed by atoms with Crippen LogP contribution in [0, 0.1) is 5.92 Å². The maximum Gasteiger partial charge on any atom is 0.255 e. The molecule has 2 amide bonds. The molecule has 0 bridgehead atoms. The van der Waals surface area contributed by atoms with Gasteiger partial charge in [-0.25, -0.2) is 0 Å². The maximum atomic E-state index is 13.0. The molecule has 1 atom stereocenters. The molecule has 1 aromatic heterocycles. The number of carbonyl (C=O) groups excluding carboxylic acids is 2. The van der Waals surface area contributed by atoms with Crippen molar-refractivity contribution in [3.63, 3.8) is 0 Å². The molecule has 1 aliphatic rings. The lowest BCUT2D eigenvalue weighted by molar-refractivity contribution is -0.122. The molecule has 0 saturated carbocycles. The quantitative estimate of drug-likeness (QED) is 0.285. The van der Waals surface area contributed by atoms with Crippen LogP contribution in [0.15, 0.2) is 91.1 Å². The predicted octanol–water partition coefficient (Wildman–Crippen LogP) is 5.41. The molecule has 5 N–H and O–H groups in total. The minimum Gasteiger partial charge on any atom is -0.369 e. The second kappa shape index (κ2) is 10.3. The van der Waals surface area contributed by atoms with Gasteiger partial charge < -0.3 is 21.7 Å². The summed E-state index contributed by atoms with van der Waals surface area (Å²) in [4.78, 5) is 29.2. The summed E-state index contributed by atoms with van der Waals surface area (Å²) in [6, 6.07) is 26.7. The maximum absolute atomic E-state index is 13.0. The molecule has 7 heteroatoms. The van der Waals surface area contributed by atoms with Crippen molar-refractivity contribution in [2.45, 2.75) is 19.3 Å². The molecule has 0 saturated heterocycles. The molecule has 180 valence electrons. The molecule has 7 nitrogen and oxygen atoms in total. The number of rotatable bonds is 7. The average Bonchev–Trinajstić information content (AvgIpc) is 2.89. The lowest BCUT2D eigenvalue weighted by Gasteiger charge is -2.24. The van der Waals surface area contributed by atoms with Crippen molar-refractivity contribution in [3.05, 3.63) is 108 Å². The first-order chi connectivity index (χ1) is 17.5. The zero-order valence-electron chi connectivity index (χ0n) is 19.7. The van der Waals surface area contributed by atoms with Crippen molar-refractivity contribution in [2.24, 2.45) is 11.7 Å². The van der Waals surface area contributed by atoms with Gasteiger partial charge in [-0.05, 0) is 79.4 Å². The van der Waals surface area contributed by atoms with Gasteiger partial charge in [-0.2, -0.15) is 0 Å². The van der Waals surface area contributed by atoms with Gasteiger partial charge in [-0.15, -0.1) is 0 Å². The molecule has 0 fully saturated rings. The van der Waals surface area contributed by atoms with E-state index in [-0.39, 0.29) is 17.7 Å². The largest absolute Gasteiger partial charge is 0.369 e. The first kappa shape index (κ1) is 23.1. The van der Waals surface area contributed by atoms with Crippen LogP contribution < -0.4 is 21.7 Å². The molecule has 3 aromatic carbocycles. The number of aromatic nitrogens is 1. The number of nitrogens with one attached hydrogen (secondary N) is 3. The lowest BCUT2D eigenvalue weighted by atomic mass is 9.85. The summed E-state index contributed by atoms with van der Waals surface area (Å²) < 4.78 is 0. The predicted molar refractivity (Wildman–Crippen MR) is 143 cm³/mol. The summed E-state index contributed by atoms with van der Waals surface area (Å²) in [6.45, 7) is 0. The summed E-state index contributed by atoms with van der Waals surface area (Å²) in [5.41, 5.74) is 12.3. The molecule has 5 rings (SSSR count). The van der Waals surface area contributed by atoms with Gasteiger partial charge in [0.05, 0.1) is 0 Å². The highest BCUT2D eigenvalue weighted by Crippen LogP contribution is 2.31. The van der Waals surface area contributed by atoms with Crippen LogP contribution in [0.4, 0.5) is 28.4 Å². The number of anilines is 5. The van der Waals surface area contributed by atoms with Crippen LogP contribution >= 0.6 is 0 Å². The molecule has 36 heavy (non-hydrogen) atoms. The third-order valence-corrected chi connectivity index (χ3v) is 6.31. The van der Waals surface area contributed by atoms with Crippen molar-refractivity contribution in [3.8, 4) is 0 Å². The number of carbonyl (C=O) groups is 2. The molecule has 0 aliphatic heterocycles. The Labute approximate surface area is 209 Å². The number of aryl methyl sites for hydroxylation is 1. The van der Waals surface area contributed by atoms with Crippen molar-refractivity contribution in [2.75, 3.05) is 16.0 Å². The number of para-hydroxylation sites is 1. The Bertz CT molecular complexity index is 1400. The molecule has 0 radical (unpaired) electrons. The van der Waals surface area contributed by atoms with E-state index in [1.54, 1.807) is 12.3 Å². The number of fused-ring (bicyclic) bond motifs is 1. The summed E-state index contributed by atoms with van der Waals surface area (Å²) in [6.07, 6.45) is 3.77. The highest BCUT2D eigenvalue weighted by Gasteiger charge is 2.25. The van der Waals surface area contributed by atoms with E-state index in [1.165, 1.54) is 0 Å². The fourth-order valence-electron chi connectivity index (χ4n) is 4.46. The number of pyridine rings is 1. The number of amides is 2. The molecule has 1 heterocycles. The summed E-state index contributed by atoms with van der Waals surface area (Å²) >= 11 is 0. The zero-order chi connectivity index (χ0) is 24.9. The average molecular weight is 478 g/mol. The third kappa shape index (κ3) is 5.36. The Balaban J connectivity index is 1.30. The van der Waals surface area contributed by atoms with Gasteiger partial charge in [0.1, 0.15) is 0 Å². The SMILES string of the molecule is NC(=O)C1CCc2nccc(Nc3cccc(C(=O)Nc4cccc(Nc5ccccc5)c4)c3)c2C1. The Morgan fingerprint density at radius 3 is 2.33 bits per heavy atom. The zero-order valence-corrected chi connectivity index (χ0v) is 19.7. The van der Waals surface area contributed by atoms with Gasteiger partial charge in [0.25, 0.3) is 5.91 Å². The van der Waals surface area contributed by atoms with E-state index in [0.717, 1.165) is 46.8 Å². The third-order valence-electron chi connectivity index (χ3n) is 6.31. The number of primary amides is 1. The monoisotopic (exact) mass is 477 g/mol. The van der Waals surface area contributed by atoms with Crippen molar-refractivity contribution < 1.29 is 9.59 Å². The van der Waals surface area contributed by atoms with E-state index in [1.807, 2.05) is 78.9 Å². The highest BCUT2D eigenvalue weighted by molar-refractivity contribution is 6.05. The van der Waals surface area contributed by atoms with Crippen LogP contribution in [0.3, 0.4) is 0 Å². The van der Waals surface area contributed by atoms with Crippen LogP contribution in [0.2, 0.25) is 0 Å². The van der Waals surface area contributed by atoms with Crippen LogP contribution in [0.5, 0.6) is 0 Å². The van der Waals surface area contributed by atoms with Crippen molar-refractivity contribution in [1.82, 2.24) is 4.98 Å². The first-order valence-electron chi connectivity index (χ1n) is 11.9. The Kier molecular flexibility index (Phi) is 6.62. The Morgan fingerprint density at radius 2 is 1.53 bits per heavy atom. The molecule has 4 aromatic rings. The minimum atomic E-state index is -0.280. The highest BCUT2D eigenvalue weighted by atomic mass is 16.2. The van der Waals surface area contributed by atoms with E-state index in [4.69, 9.17) is 5.73 Å². The van der Waals surface area contributed by atoms with Crippen LogP contribution in [0.1, 0.15) is 28.0 Å². The fourth-order valence-corrected chi connectivity index (χ4v) is 4.46. The number of nitrogens with two attached hydrogens (primary N) is 1. The minimum absolute atomic E-state index is 0.188. The van der Waals surface area contributed by atoms with Crippen LogP contribution in [0.25, 0.3) is 0 Å². The smallest absolute Gasteiger partial charge is 0.255 e. The second-order valence-corrected chi connectivity index (χ2v) is 8.86. The molecule has 1 aliphatic carbocycles. The van der Waals surface area contributed by atoms with E-state index in [2.05, 4.69) is 20.9 Å². The van der Waals surface area contributed by atoms with E-state index in [0.29, 0.717) is 17.7 Å². The fraction of sp³-hybridized carbons (Fsp3) is 0.138. The number of hydrogen-bond acceptors (Lipinski definition) is 5. The van der Waals surface area contributed by atoms with Crippen molar-refractivity contribution in [1.29, 1.82) is 0 Å². The van der Waals surface area contributed by atoms with Crippen LogP contribution in [-0.2, 0) is 17.6 Å². The van der Waals surface area contributed by atoms with E-state index >= 15 is 0 Å². The normalized spacial score (nSPS) is 14.4. The molecule has 1 unspecified atom stereocenters. The standard InChI is InChI=1S/C29H27N5O2/c30-28(35)19-12-13-26-25(17-19)27(14-15-31-26)33-22-9-4-6-20(16-22)29(36)34-24-11-5-10-23(18-24)32-21-7-2-1-3-8-21/h1-11,14-16,18-19,32H,12-13,17H2,(H2,30,35)(H,31,33)(H,34,36). The Morgan fingerprint density at radius 1 is 0.806 bits per heavy atom. The second-order valence-electron chi connectivity index (χ2n) is 8.86. The van der Waals surface area contributed by atoms with Gasteiger partial charge in [0.2, 0.25) is 5.91 Å². The number of hydrogen-bond donors (Lipinski definition) is 4. The van der Waals surface area contributed by atoms with E-state index in [9.17, 15) is 9.59 Å². The van der Waals surface area contributed by atoms with Crippen LogP contribution in [-0.4, -0.2) is 16.8 Å².